The summed E-state index contributed by atoms with van der Waals surface area (Å²) >= 11 is 0. The fourth-order valence-corrected chi connectivity index (χ4v) is 3.00. The number of amides is 1. The van der Waals surface area contributed by atoms with Gasteiger partial charge in [0.05, 0.1) is 0 Å². The number of nitrogens with zero attached hydrogens (tertiary/aromatic N) is 2. The van der Waals surface area contributed by atoms with Gasteiger partial charge in [0, 0.05) is 62.8 Å². The molecule has 0 bridgehead atoms. The molecule has 0 atom stereocenters. The van der Waals surface area contributed by atoms with E-state index in [-0.39, 0.29) is 11.7 Å². The molecule has 0 aliphatic carbocycles. The first kappa shape index (κ1) is 15.7. The van der Waals surface area contributed by atoms with Crippen LogP contribution in [-0.4, -0.2) is 54.4 Å². The molecular formula is C18H22FN3O. The van der Waals surface area contributed by atoms with Gasteiger partial charge in [0.1, 0.15) is 5.82 Å². The van der Waals surface area contributed by atoms with Crippen molar-refractivity contribution < 1.29 is 9.18 Å². The van der Waals surface area contributed by atoms with Crippen molar-refractivity contribution in [2.45, 2.75) is 12.8 Å². The van der Waals surface area contributed by atoms with Crippen molar-refractivity contribution in [1.82, 2.24) is 14.8 Å². The van der Waals surface area contributed by atoms with E-state index in [0.717, 1.165) is 42.5 Å². The van der Waals surface area contributed by atoms with Gasteiger partial charge in [-0.15, -0.1) is 0 Å². The molecule has 1 aliphatic heterocycles. The summed E-state index contributed by atoms with van der Waals surface area (Å²) in [5.74, 6) is -0.0568. The van der Waals surface area contributed by atoms with E-state index in [4.69, 9.17) is 0 Å². The van der Waals surface area contributed by atoms with Crippen LogP contribution in [0, 0.1) is 5.82 Å². The van der Waals surface area contributed by atoms with Gasteiger partial charge in [-0.2, -0.15) is 0 Å². The third-order valence-corrected chi connectivity index (χ3v) is 4.42. The van der Waals surface area contributed by atoms with E-state index in [0.29, 0.717) is 6.42 Å². The Labute approximate surface area is 135 Å². The first-order valence-corrected chi connectivity index (χ1v) is 7.93. The molecule has 0 saturated carbocycles. The summed E-state index contributed by atoms with van der Waals surface area (Å²) in [4.78, 5) is 18.7. The monoisotopic (exact) mass is 315 g/mol. The Balaban J connectivity index is 1.67. The van der Waals surface area contributed by atoms with Gasteiger partial charge in [0.15, 0.2) is 0 Å². The number of nitrogens with one attached hydrogen (secondary N) is 1. The second kappa shape index (κ2) is 6.54. The summed E-state index contributed by atoms with van der Waals surface area (Å²) in [6, 6.07) is 4.86. The third kappa shape index (κ3) is 3.45. The molecular weight excluding hydrogens is 293 g/mol. The van der Waals surface area contributed by atoms with Gasteiger partial charge < -0.3 is 9.88 Å². The zero-order valence-corrected chi connectivity index (χ0v) is 13.6. The number of hydrogen-bond acceptors (Lipinski definition) is 2. The molecule has 2 aromatic rings. The number of benzene rings is 1. The molecule has 0 saturated heterocycles. The molecule has 1 amide bonds. The fraction of sp³-hybridized carbons (Fsp3) is 0.389. The summed E-state index contributed by atoms with van der Waals surface area (Å²) in [5.41, 5.74) is 3.28. The number of carbonyl (C=O) groups excluding carboxylic acids is 1. The predicted molar refractivity (Wildman–Crippen MR) is 90.6 cm³/mol. The maximum Gasteiger partial charge on any atom is 0.223 e. The summed E-state index contributed by atoms with van der Waals surface area (Å²) in [5, 5.41) is 1.06. The van der Waals surface area contributed by atoms with Gasteiger partial charge in [-0.05, 0) is 30.2 Å². The van der Waals surface area contributed by atoms with Crippen LogP contribution in [-0.2, 0) is 4.79 Å². The van der Waals surface area contributed by atoms with Crippen molar-refractivity contribution in [3.05, 3.63) is 41.9 Å². The Hall–Kier alpha value is -2.14. The highest BCUT2D eigenvalue weighted by Crippen LogP contribution is 2.29. The fourth-order valence-electron chi connectivity index (χ4n) is 3.00. The highest BCUT2D eigenvalue weighted by atomic mass is 19.1. The normalized spacial score (nSPS) is 15.7. The second-order valence-corrected chi connectivity index (χ2v) is 6.21. The Morgan fingerprint density at radius 1 is 1.39 bits per heavy atom. The van der Waals surface area contributed by atoms with Crippen LogP contribution in [0.3, 0.4) is 0 Å². The molecule has 1 N–H and O–H groups in total. The van der Waals surface area contributed by atoms with Gasteiger partial charge in [0.25, 0.3) is 0 Å². The number of aromatic nitrogens is 1. The lowest BCUT2D eigenvalue weighted by molar-refractivity contribution is -0.129. The van der Waals surface area contributed by atoms with E-state index in [1.54, 1.807) is 19.0 Å². The average molecular weight is 315 g/mol. The van der Waals surface area contributed by atoms with Crippen molar-refractivity contribution in [2.24, 2.45) is 0 Å². The molecule has 0 unspecified atom stereocenters. The molecule has 1 aliphatic rings. The number of rotatable bonds is 4. The van der Waals surface area contributed by atoms with Gasteiger partial charge in [-0.1, -0.05) is 6.08 Å². The van der Waals surface area contributed by atoms with Crippen LogP contribution in [0.4, 0.5) is 4.39 Å². The summed E-state index contributed by atoms with van der Waals surface area (Å²) in [7, 11) is 3.58. The topological polar surface area (TPSA) is 39.3 Å². The van der Waals surface area contributed by atoms with Crippen LogP contribution >= 0.6 is 0 Å². The minimum atomic E-state index is -0.222. The minimum Gasteiger partial charge on any atom is -0.360 e. The number of halogens is 1. The van der Waals surface area contributed by atoms with Crippen molar-refractivity contribution >= 4 is 22.4 Å². The maximum atomic E-state index is 13.3. The van der Waals surface area contributed by atoms with Crippen LogP contribution in [0.1, 0.15) is 18.4 Å². The summed E-state index contributed by atoms with van der Waals surface area (Å²) < 4.78 is 13.3. The summed E-state index contributed by atoms with van der Waals surface area (Å²) in [6.07, 6.45) is 5.68. The standard InChI is InChI=1S/C18H22FN3O/c1-21(2)18(23)7-10-22-8-5-13(6-9-22)16-12-20-17-11-14(19)3-4-15(16)17/h3-5,11-12,20H,6-10H2,1-2H3. The summed E-state index contributed by atoms with van der Waals surface area (Å²) in [6.45, 7) is 2.59. The van der Waals surface area contributed by atoms with E-state index in [2.05, 4.69) is 16.0 Å². The van der Waals surface area contributed by atoms with Gasteiger partial charge >= 0.3 is 0 Å². The molecule has 0 fully saturated rings. The average Bonchev–Trinajstić information content (AvgIpc) is 2.95. The van der Waals surface area contributed by atoms with Crippen LogP contribution in [0.15, 0.2) is 30.5 Å². The number of aromatic amines is 1. The molecule has 4 nitrogen and oxygen atoms in total. The Morgan fingerprint density at radius 3 is 2.91 bits per heavy atom. The minimum absolute atomic E-state index is 0.165. The zero-order chi connectivity index (χ0) is 16.4. The van der Waals surface area contributed by atoms with E-state index < -0.39 is 0 Å². The second-order valence-electron chi connectivity index (χ2n) is 6.21. The third-order valence-electron chi connectivity index (χ3n) is 4.42. The number of carbonyl (C=O) groups is 1. The van der Waals surface area contributed by atoms with E-state index in [9.17, 15) is 9.18 Å². The van der Waals surface area contributed by atoms with E-state index >= 15 is 0 Å². The van der Waals surface area contributed by atoms with Gasteiger partial charge in [-0.25, -0.2) is 4.39 Å². The Kier molecular flexibility index (Phi) is 4.48. The SMILES string of the molecule is CN(C)C(=O)CCN1CC=C(c2c[nH]c3cc(F)ccc23)CC1. The number of H-pyrrole nitrogens is 1. The van der Waals surface area contributed by atoms with Gasteiger partial charge in [0.2, 0.25) is 5.91 Å². The Bertz CT molecular complexity index is 748. The van der Waals surface area contributed by atoms with Crippen molar-refractivity contribution in [1.29, 1.82) is 0 Å². The first-order chi connectivity index (χ1) is 11.0. The van der Waals surface area contributed by atoms with E-state index in [1.807, 2.05) is 12.3 Å². The van der Waals surface area contributed by atoms with Crippen LogP contribution < -0.4 is 0 Å². The molecule has 0 radical (unpaired) electrons. The molecule has 0 spiro atoms. The molecule has 1 aromatic carbocycles. The molecule has 23 heavy (non-hydrogen) atoms. The zero-order valence-electron chi connectivity index (χ0n) is 13.6. The Morgan fingerprint density at radius 2 is 2.22 bits per heavy atom. The quantitative estimate of drug-likeness (QED) is 0.942. The maximum absolute atomic E-state index is 13.3. The molecule has 3 rings (SSSR count). The lowest BCUT2D eigenvalue weighted by Gasteiger charge is -2.26. The highest BCUT2D eigenvalue weighted by molar-refractivity contribution is 5.92. The van der Waals surface area contributed by atoms with Crippen LogP contribution in [0.25, 0.3) is 16.5 Å². The number of fused-ring (bicyclic) bond motifs is 1. The van der Waals surface area contributed by atoms with Crippen LogP contribution in [0.5, 0.6) is 0 Å². The first-order valence-electron chi connectivity index (χ1n) is 7.93. The molecule has 2 heterocycles. The van der Waals surface area contributed by atoms with E-state index in [1.165, 1.54) is 17.7 Å². The highest BCUT2D eigenvalue weighted by Gasteiger charge is 2.16. The lowest BCUT2D eigenvalue weighted by atomic mass is 9.99. The largest absolute Gasteiger partial charge is 0.360 e. The predicted octanol–water partition coefficient (Wildman–Crippen LogP) is 2.87. The van der Waals surface area contributed by atoms with Crippen molar-refractivity contribution in [3.8, 4) is 0 Å². The number of hydrogen-bond donors (Lipinski definition) is 1. The molecule has 122 valence electrons. The molecule has 5 heteroatoms. The molecule has 1 aromatic heterocycles. The van der Waals surface area contributed by atoms with Crippen LogP contribution in [0.2, 0.25) is 0 Å². The van der Waals surface area contributed by atoms with Crippen molar-refractivity contribution in [3.63, 3.8) is 0 Å². The smallest absolute Gasteiger partial charge is 0.223 e. The van der Waals surface area contributed by atoms with Gasteiger partial charge in [-0.3, -0.25) is 9.69 Å². The lowest BCUT2D eigenvalue weighted by Crippen LogP contribution is -2.33. The van der Waals surface area contributed by atoms with Crippen molar-refractivity contribution in [2.75, 3.05) is 33.7 Å².